The Morgan fingerprint density at radius 3 is 2.43 bits per heavy atom. The number of allylic oxidation sites excluding steroid dienone is 3. The van der Waals surface area contributed by atoms with Crippen LogP contribution < -0.4 is 0 Å². The van der Waals surface area contributed by atoms with E-state index in [0.717, 1.165) is 5.57 Å². The molecule has 4 heteroatoms. The topological polar surface area (TPSA) is 6.48 Å². The Kier molecular flexibility index (Phi) is 3.06. The molecular weight excluding hydrogens is 186 g/mol. The lowest BCUT2D eigenvalue weighted by molar-refractivity contribution is 0.112. The van der Waals surface area contributed by atoms with E-state index >= 15 is 0 Å². The van der Waals surface area contributed by atoms with Crippen LogP contribution in [0.5, 0.6) is 0 Å². The summed E-state index contributed by atoms with van der Waals surface area (Å²) < 4.78 is 25.2. The Hall–Kier alpha value is -1.16. The summed E-state index contributed by atoms with van der Waals surface area (Å²) >= 11 is 0. The van der Waals surface area contributed by atoms with Gasteiger partial charge in [-0.25, -0.2) is 13.8 Å². The molecule has 1 aliphatic heterocycles. The van der Waals surface area contributed by atoms with Gasteiger partial charge in [-0.1, -0.05) is 6.58 Å². The first-order valence-electron chi connectivity index (χ1n) is 4.27. The van der Waals surface area contributed by atoms with Crippen molar-refractivity contribution in [2.24, 2.45) is 0 Å². The third-order valence-corrected chi connectivity index (χ3v) is 1.98. The zero-order valence-electron chi connectivity index (χ0n) is 8.59. The fraction of sp³-hybridized carbons (Fsp3) is 0.400. The molecule has 0 aliphatic carbocycles. The highest BCUT2D eigenvalue weighted by molar-refractivity contribution is 5.40. The molecule has 0 aromatic rings. The van der Waals surface area contributed by atoms with E-state index in [9.17, 15) is 8.78 Å². The van der Waals surface area contributed by atoms with Gasteiger partial charge in [-0.2, -0.15) is 0 Å². The number of alkyl halides is 2. The molecule has 0 saturated heterocycles. The summed E-state index contributed by atoms with van der Waals surface area (Å²) in [6, 6.07) is 0. The Morgan fingerprint density at radius 2 is 2.00 bits per heavy atom. The van der Waals surface area contributed by atoms with Gasteiger partial charge in [0, 0.05) is 25.9 Å². The maximum absolute atomic E-state index is 12.6. The number of hydrogen-bond acceptors (Lipinski definition) is 2. The molecule has 0 saturated carbocycles. The van der Waals surface area contributed by atoms with Crippen LogP contribution in [-0.2, 0) is 0 Å². The SMILES string of the molecule is C=C1C(C(F)F)=CC(C)=CN1N(C)C. The molecule has 0 amide bonds. The van der Waals surface area contributed by atoms with E-state index in [4.69, 9.17) is 0 Å². The molecule has 0 aromatic carbocycles. The minimum absolute atomic E-state index is 0.0151. The highest BCUT2D eigenvalue weighted by Gasteiger charge is 2.23. The smallest absolute Gasteiger partial charge is 0.265 e. The van der Waals surface area contributed by atoms with Crippen molar-refractivity contribution in [2.45, 2.75) is 13.3 Å². The zero-order chi connectivity index (χ0) is 10.9. The second-order valence-corrected chi connectivity index (χ2v) is 3.41. The van der Waals surface area contributed by atoms with E-state index in [2.05, 4.69) is 6.58 Å². The lowest BCUT2D eigenvalue weighted by Crippen LogP contribution is -2.34. The number of halogens is 2. The first kappa shape index (κ1) is 10.9. The third kappa shape index (κ3) is 2.01. The van der Waals surface area contributed by atoms with E-state index < -0.39 is 6.43 Å². The molecule has 78 valence electrons. The summed E-state index contributed by atoms with van der Waals surface area (Å²) in [5, 5.41) is 3.32. The van der Waals surface area contributed by atoms with Crippen LogP contribution in [0.3, 0.4) is 0 Å². The van der Waals surface area contributed by atoms with Gasteiger partial charge in [0.25, 0.3) is 6.43 Å². The Bertz CT molecular complexity index is 303. The van der Waals surface area contributed by atoms with Gasteiger partial charge in [0.2, 0.25) is 0 Å². The zero-order valence-corrected chi connectivity index (χ0v) is 8.59. The summed E-state index contributed by atoms with van der Waals surface area (Å²) in [7, 11) is 3.56. The molecule has 0 spiro atoms. The summed E-state index contributed by atoms with van der Waals surface area (Å²) in [6.07, 6.45) is 0.759. The standard InChI is InChI=1S/C10H14F2N2/c1-7-5-9(10(11)12)8(2)14(6-7)13(3)4/h5-6,10H,2H2,1,3-4H3. The Balaban J connectivity index is 3.01. The summed E-state index contributed by atoms with van der Waals surface area (Å²) in [4.78, 5) is 0. The maximum Gasteiger partial charge on any atom is 0.265 e. The van der Waals surface area contributed by atoms with Crippen LogP contribution in [0.1, 0.15) is 6.92 Å². The summed E-state index contributed by atoms with van der Waals surface area (Å²) in [6.45, 7) is 5.43. The van der Waals surface area contributed by atoms with E-state index in [-0.39, 0.29) is 5.57 Å². The van der Waals surface area contributed by atoms with Crippen molar-refractivity contribution in [1.29, 1.82) is 0 Å². The van der Waals surface area contributed by atoms with Gasteiger partial charge < -0.3 is 0 Å². The number of nitrogens with zero attached hydrogens (tertiary/aromatic N) is 2. The minimum atomic E-state index is -2.48. The van der Waals surface area contributed by atoms with Crippen LogP contribution in [0, 0.1) is 0 Å². The first-order valence-corrected chi connectivity index (χ1v) is 4.27. The monoisotopic (exact) mass is 200 g/mol. The quantitative estimate of drug-likeness (QED) is 0.675. The van der Waals surface area contributed by atoms with Gasteiger partial charge in [0.05, 0.1) is 5.70 Å². The maximum atomic E-state index is 12.6. The molecule has 14 heavy (non-hydrogen) atoms. The van der Waals surface area contributed by atoms with Gasteiger partial charge >= 0.3 is 0 Å². The van der Waals surface area contributed by atoms with Crippen molar-refractivity contribution < 1.29 is 8.78 Å². The summed E-state index contributed by atoms with van der Waals surface area (Å²) in [5.41, 5.74) is 1.11. The van der Waals surface area contributed by atoms with E-state index in [1.165, 1.54) is 6.08 Å². The van der Waals surface area contributed by atoms with Crippen molar-refractivity contribution >= 4 is 0 Å². The van der Waals surface area contributed by atoms with Crippen LogP contribution in [-0.4, -0.2) is 30.5 Å². The fourth-order valence-corrected chi connectivity index (χ4v) is 1.31. The van der Waals surface area contributed by atoms with Crippen molar-refractivity contribution in [1.82, 2.24) is 10.0 Å². The van der Waals surface area contributed by atoms with E-state index in [1.54, 1.807) is 37.2 Å². The van der Waals surface area contributed by atoms with Gasteiger partial charge in [0.15, 0.2) is 0 Å². The number of hydrazine groups is 1. The van der Waals surface area contributed by atoms with Gasteiger partial charge in [-0.15, -0.1) is 0 Å². The molecule has 0 unspecified atom stereocenters. The van der Waals surface area contributed by atoms with Gasteiger partial charge in [-0.05, 0) is 18.6 Å². The lowest BCUT2D eigenvalue weighted by Gasteiger charge is -2.33. The highest BCUT2D eigenvalue weighted by Crippen LogP contribution is 2.27. The predicted molar refractivity (Wildman–Crippen MR) is 52.5 cm³/mol. The summed E-state index contributed by atoms with van der Waals surface area (Å²) in [5.74, 6) is 0. The van der Waals surface area contributed by atoms with Crippen LogP contribution in [0.15, 0.2) is 35.7 Å². The Morgan fingerprint density at radius 1 is 1.43 bits per heavy atom. The molecule has 1 aliphatic rings. The molecule has 0 N–H and O–H groups in total. The van der Waals surface area contributed by atoms with Crippen molar-refractivity contribution in [3.05, 3.63) is 35.7 Å². The van der Waals surface area contributed by atoms with E-state index in [0.29, 0.717) is 5.70 Å². The van der Waals surface area contributed by atoms with Crippen LogP contribution >= 0.6 is 0 Å². The van der Waals surface area contributed by atoms with Crippen molar-refractivity contribution in [3.63, 3.8) is 0 Å². The van der Waals surface area contributed by atoms with Crippen LogP contribution in [0.4, 0.5) is 8.78 Å². The first-order chi connectivity index (χ1) is 6.43. The average molecular weight is 200 g/mol. The van der Waals surface area contributed by atoms with Crippen molar-refractivity contribution in [2.75, 3.05) is 14.1 Å². The fourth-order valence-electron chi connectivity index (χ4n) is 1.31. The minimum Gasteiger partial charge on any atom is -0.282 e. The van der Waals surface area contributed by atoms with Crippen LogP contribution in [0.2, 0.25) is 0 Å². The normalized spacial score (nSPS) is 17.6. The number of rotatable bonds is 2. The highest BCUT2D eigenvalue weighted by atomic mass is 19.3. The molecule has 2 nitrogen and oxygen atoms in total. The van der Waals surface area contributed by atoms with E-state index in [1.807, 2.05) is 0 Å². The molecule has 0 bridgehead atoms. The third-order valence-electron chi connectivity index (χ3n) is 1.98. The average Bonchev–Trinajstić information content (AvgIpc) is 2.07. The van der Waals surface area contributed by atoms with Crippen LogP contribution in [0.25, 0.3) is 0 Å². The Labute approximate surface area is 82.8 Å². The number of hydrogen-bond donors (Lipinski definition) is 0. The largest absolute Gasteiger partial charge is 0.282 e. The predicted octanol–water partition coefficient (Wildman–Crippen LogP) is 2.39. The molecular formula is C10H14F2N2. The van der Waals surface area contributed by atoms with Gasteiger partial charge in [-0.3, -0.25) is 5.01 Å². The second-order valence-electron chi connectivity index (χ2n) is 3.41. The molecule has 0 fully saturated rings. The molecule has 1 heterocycles. The molecule has 0 aromatic heterocycles. The van der Waals surface area contributed by atoms with Gasteiger partial charge in [0.1, 0.15) is 0 Å². The lowest BCUT2D eigenvalue weighted by atomic mass is 10.1. The van der Waals surface area contributed by atoms with Crippen molar-refractivity contribution in [3.8, 4) is 0 Å². The second kappa shape index (κ2) is 3.92. The molecule has 1 rings (SSSR count). The molecule has 0 atom stereocenters. The molecule has 0 radical (unpaired) electrons.